The van der Waals surface area contributed by atoms with Gasteiger partial charge in [0.05, 0.1) is 30.7 Å². The molecule has 2 atom stereocenters. The minimum absolute atomic E-state index is 0.298. The predicted molar refractivity (Wildman–Crippen MR) is 163 cm³/mol. The van der Waals surface area contributed by atoms with Gasteiger partial charge in [-0.2, -0.15) is 10.2 Å². The van der Waals surface area contributed by atoms with Crippen molar-refractivity contribution >= 4 is 18.1 Å². The predicted octanol–water partition coefficient (Wildman–Crippen LogP) is 5.29. The maximum absolute atomic E-state index is 14.3. The number of para-hydroxylation sites is 1. The lowest BCUT2D eigenvalue weighted by Gasteiger charge is -2.21. The Balaban J connectivity index is 1.27. The van der Waals surface area contributed by atoms with Crippen molar-refractivity contribution in [3.8, 4) is 16.9 Å². The number of anilines is 1. The van der Waals surface area contributed by atoms with Crippen LogP contribution in [0.1, 0.15) is 28.6 Å². The van der Waals surface area contributed by atoms with Crippen molar-refractivity contribution in [2.45, 2.75) is 25.4 Å². The van der Waals surface area contributed by atoms with Crippen LogP contribution in [0.5, 0.6) is 0 Å². The quantitative estimate of drug-likeness (QED) is 0.236. The van der Waals surface area contributed by atoms with Gasteiger partial charge in [0.1, 0.15) is 23.0 Å². The molecule has 226 valence electrons. The van der Waals surface area contributed by atoms with Gasteiger partial charge in [0.25, 0.3) is 0 Å². The van der Waals surface area contributed by atoms with Gasteiger partial charge in [-0.1, -0.05) is 24.3 Å². The molecule has 2 aromatic carbocycles. The molecule has 0 aliphatic carbocycles. The minimum Gasteiger partial charge on any atom is -0.459 e. The average molecular weight is 599 g/mol. The van der Waals surface area contributed by atoms with Crippen molar-refractivity contribution in [1.82, 2.24) is 29.8 Å². The van der Waals surface area contributed by atoms with E-state index in [1.165, 1.54) is 6.07 Å². The maximum Gasteiger partial charge on any atom is 0.320 e. The van der Waals surface area contributed by atoms with Gasteiger partial charge in [0.2, 0.25) is 0 Å². The first-order chi connectivity index (χ1) is 21.3. The Bertz CT molecular complexity index is 1810. The Morgan fingerprint density at radius 1 is 1.11 bits per heavy atom. The number of benzene rings is 2. The van der Waals surface area contributed by atoms with Crippen LogP contribution in [0.3, 0.4) is 0 Å². The highest BCUT2D eigenvalue weighted by Gasteiger charge is 2.36. The van der Waals surface area contributed by atoms with Crippen molar-refractivity contribution in [2.75, 3.05) is 25.5 Å². The number of urea groups is 1. The van der Waals surface area contributed by atoms with E-state index in [1.807, 2.05) is 62.6 Å². The van der Waals surface area contributed by atoms with Gasteiger partial charge in [-0.25, -0.2) is 18.3 Å². The molecule has 1 aliphatic heterocycles. The average Bonchev–Trinajstić information content (AvgIpc) is 3.80. The summed E-state index contributed by atoms with van der Waals surface area (Å²) in [5.41, 5.74) is 3.65. The van der Waals surface area contributed by atoms with Gasteiger partial charge in [0.15, 0.2) is 11.6 Å². The van der Waals surface area contributed by atoms with Gasteiger partial charge >= 0.3 is 6.03 Å². The first-order valence-corrected chi connectivity index (χ1v) is 14.2. The summed E-state index contributed by atoms with van der Waals surface area (Å²) in [5.74, 6) is -0.256. The topological polar surface area (TPSA) is 106 Å². The molecule has 1 aliphatic rings. The second-order valence-corrected chi connectivity index (χ2v) is 10.8. The number of aryl methyl sites for hydroxylation is 1. The van der Waals surface area contributed by atoms with E-state index < -0.39 is 23.7 Å². The zero-order chi connectivity index (χ0) is 30.8. The lowest BCUT2D eigenvalue weighted by Crippen LogP contribution is -2.42. The summed E-state index contributed by atoms with van der Waals surface area (Å²) >= 11 is 0. The van der Waals surface area contributed by atoms with E-state index in [0.717, 1.165) is 28.6 Å². The van der Waals surface area contributed by atoms with Crippen LogP contribution in [-0.2, 0) is 13.6 Å². The van der Waals surface area contributed by atoms with Crippen molar-refractivity contribution in [3.63, 3.8) is 0 Å². The number of hydrogen-bond donors (Lipinski definition) is 2. The fourth-order valence-electron chi connectivity index (χ4n) is 5.67. The highest BCUT2D eigenvalue weighted by molar-refractivity contribution is 5.91. The molecule has 2 N–H and O–H groups in total. The highest BCUT2D eigenvalue weighted by Crippen LogP contribution is 2.32. The number of likely N-dealkylation sites (tertiary alicyclic amines) is 1. The number of halogens is 2. The van der Waals surface area contributed by atoms with Crippen molar-refractivity contribution in [3.05, 3.63) is 107 Å². The summed E-state index contributed by atoms with van der Waals surface area (Å²) in [6.07, 6.45) is 5.23. The number of aromatic nitrogens is 4. The first kappa shape index (κ1) is 29.0. The summed E-state index contributed by atoms with van der Waals surface area (Å²) in [5, 5.41) is 15.2. The van der Waals surface area contributed by atoms with Gasteiger partial charge in [-0.3, -0.25) is 19.9 Å². The second-order valence-electron chi connectivity index (χ2n) is 10.8. The van der Waals surface area contributed by atoms with Crippen LogP contribution in [0.4, 0.5) is 19.4 Å². The van der Waals surface area contributed by atoms with E-state index >= 15 is 0 Å². The molecule has 0 radical (unpaired) electrons. The van der Waals surface area contributed by atoms with Crippen LogP contribution >= 0.6 is 0 Å². The molecule has 0 saturated carbocycles. The van der Waals surface area contributed by atoms with Gasteiger partial charge in [-0.05, 0) is 48.9 Å². The Kier molecular flexibility index (Phi) is 8.07. The standard InChI is InChI=1S/C32H32F2N8O2/c1-20-30(22-14-36-40(3)16-22)39-42(23-7-5-4-6-8-23)31(20)38-32(43)37-29-19-41(17-25-11-10-24(44-25)15-35-2)18-26(29)21-9-12-27(33)28(34)13-21/h4-16,26,29H,17-19H2,1-3H3,(H2,37,38,43)/b35-15+/t26-,29+/m0/s1. The summed E-state index contributed by atoms with van der Waals surface area (Å²) in [6, 6.07) is 16.3. The number of carbonyl (C=O) groups excluding carboxylic acids is 1. The molecule has 5 aromatic rings. The third-order valence-electron chi connectivity index (χ3n) is 7.74. The molecule has 12 heteroatoms. The fraction of sp³-hybridized carbons (Fsp3) is 0.250. The molecular formula is C32H32F2N8O2. The second kappa shape index (κ2) is 12.3. The maximum atomic E-state index is 14.3. The van der Waals surface area contributed by atoms with Crippen molar-refractivity contribution in [1.29, 1.82) is 0 Å². The number of hydrogen-bond acceptors (Lipinski definition) is 6. The van der Waals surface area contributed by atoms with Gasteiger partial charge in [0, 0.05) is 50.4 Å². The van der Waals surface area contributed by atoms with Crippen LogP contribution in [0.2, 0.25) is 0 Å². The molecule has 1 fully saturated rings. The Morgan fingerprint density at radius 2 is 1.93 bits per heavy atom. The number of rotatable bonds is 8. The minimum atomic E-state index is -0.927. The van der Waals surface area contributed by atoms with E-state index in [-0.39, 0.29) is 5.92 Å². The number of amides is 2. The zero-order valence-corrected chi connectivity index (χ0v) is 24.5. The molecule has 0 spiro atoms. The van der Waals surface area contributed by atoms with E-state index in [2.05, 4.69) is 25.6 Å². The van der Waals surface area contributed by atoms with Crippen LogP contribution < -0.4 is 10.6 Å². The summed E-state index contributed by atoms with van der Waals surface area (Å²) < 4.78 is 37.3. The molecule has 6 rings (SSSR count). The number of nitrogens with one attached hydrogen (secondary N) is 2. The van der Waals surface area contributed by atoms with E-state index in [1.54, 1.807) is 34.9 Å². The number of furan rings is 1. The number of aliphatic imine (C=N–C) groups is 1. The molecule has 10 nitrogen and oxygen atoms in total. The molecule has 4 heterocycles. The van der Waals surface area contributed by atoms with Crippen molar-refractivity contribution in [2.24, 2.45) is 12.0 Å². The monoisotopic (exact) mass is 598 g/mol. The Hall–Kier alpha value is -5.10. The fourth-order valence-corrected chi connectivity index (χ4v) is 5.67. The Morgan fingerprint density at radius 3 is 2.66 bits per heavy atom. The number of carbonyl (C=O) groups is 1. The lowest BCUT2D eigenvalue weighted by molar-refractivity contribution is 0.246. The first-order valence-electron chi connectivity index (χ1n) is 14.2. The third kappa shape index (κ3) is 6.02. The van der Waals surface area contributed by atoms with Crippen LogP contribution in [-0.4, -0.2) is 62.9 Å². The third-order valence-corrected chi connectivity index (χ3v) is 7.74. The van der Waals surface area contributed by atoms with Crippen LogP contribution in [0, 0.1) is 18.6 Å². The van der Waals surface area contributed by atoms with Crippen LogP contribution in [0.25, 0.3) is 16.9 Å². The summed E-state index contributed by atoms with van der Waals surface area (Å²) in [6.45, 7) is 3.34. The summed E-state index contributed by atoms with van der Waals surface area (Å²) in [7, 11) is 3.50. The number of nitrogens with zero attached hydrogens (tertiary/aromatic N) is 6. The highest BCUT2D eigenvalue weighted by atomic mass is 19.2. The largest absolute Gasteiger partial charge is 0.459 e. The molecule has 3 aromatic heterocycles. The SMILES string of the molecule is C/N=C/c1ccc(CN2C[C@@H](NC(=O)Nc3c(C)c(-c4cnn(C)c4)nn3-c3ccccc3)[C@H](c3ccc(F)c(F)c3)C2)o1. The molecular weight excluding hydrogens is 566 g/mol. The summed E-state index contributed by atoms with van der Waals surface area (Å²) in [4.78, 5) is 19.7. The molecule has 0 unspecified atom stereocenters. The van der Waals surface area contributed by atoms with Crippen LogP contribution in [0.15, 0.2) is 82.5 Å². The van der Waals surface area contributed by atoms with Crippen molar-refractivity contribution < 1.29 is 18.0 Å². The molecule has 44 heavy (non-hydrogen) atoms. The van der Waals surface area contributed by atoms with E-state index in [0.29, 0.717) is 42.5 Å². The van der Waals surface area contributed by atoms with E-state index in [9.17, 15) is 13.6 Å². The van der Waals surface area contributed by atoms with Gasteiger partial charge < -0.3 is 9.73 Å². The molecule has 2 amide bonds. The Labute approximate surface area is 253 Å². The smallest absolute Gasteiger partial charge is 0.320 e. The van der Waals surface area contributed by atoms with Gasteiger partial charge in [-0.15, -0.1) is 0 Å². The normalized spacial score (nSPS) is 17.0. The zero-order valence-electron chi connectivity index (χ0n) is 24.5. The lowest BCUT2D eigenvalue weighted by atomic mass is 9.94. The molecule has 1 saturated heterocycles. The van der Waals surface area contributed by atoms with E-state index in [4.69, 9.17) is 9.52 Å². The molecule has 0 bridgehead atoms.